The summed E-state index contributed by atoms with van der Waals surface area (Å²) in [4.78, 5) is 0. The minimum atomic E-state index is 0.255. The lowest BCUT2D eigenvalue weighted by Gasteiger charge is -2.15. The molecule has 0 saturated heterocycles. The molecule has 3 nitrogen and oxygen atoms in total. The maximum absolute atomic E-state index is 5.51. The molecule has 2 aromatic rings. The van der Waals surface area contributed by atoms with E-state index in [1.807, 2.05) is 31.2 Å². The van der Waals surface area contributed by atoms with Gasteiger partial charge < -0.3 is 14.5 Å². The number of hydrogen-bond acceptors (Lipinski definition) is 3. The van der Waals surface area contributed by atoms with Gasteiger partial charge in [0.15, 0.2) is 0 Å². The van der Waals surface area contributed by atoms with Crippen LogP contribution in [0.3, 0.4) is 0 Å². The second kappa shape index (κ2) is 7.00. The summed E-state index contributed by atoms with van der Waals surface area (Å²) in [6.07, 6.45) is 2.72. The summed E-state index contributed by atoms with van der Waals surface area (Å²) < 4.78 is 11.0. The van der Waals surface area contributed by atoms with Gasteiger partial charge in [0.2, 0.25) is 0 Å². The standard InChI is InChI=1S/C16H21NO2/c1-3-15(16-9-6-10-19-16)17-12-13-7-5-8-14(11-13)18-4-2/h5-11,15,17H,3-4,12H2,1-2H3. The fourth-order valence-electron chi connectivity index (χ4n) is 2.09. The summed E-state index contributed by atoms with van der Waals surface area (Å²) in [7, 11) is 0. The minimum absolute atomic E-state index is 0.255. The summed E-state index contributed by atoms with van der Waals surface area (Å²) in [5.41, 5.74) is 1.22. The Bertz CT molecular complexity index is 479. The molecule has 19 heavy (non-hydrogen) atoms. The van der Waals surface area contributed by atoms with Gasteiger partial charge in [-0.3, -0.25) is 0 Å². The van der Waals surface area contributed by atoms with E-state index in [9.17, 15) is 0 Å². The molecule has 1 atom stereocenters. The van der Waals surface area contributed by atoms with Crippen LogP contribution in [0.25, 0.3) is 0 Å². The summed E-state index contributed by atoms with van der Waals surface area (Å²) in [5.74, 6) is 1.91. The number of ether oxygens (including phenoxy) is 1. The Labute approximate surface area is 114 Å². The number of benzene rings is 1. The highest BCUT2D eigenvalue weighted by atomic mass is 16.5. The highest BCUT2D eigenvalue weighted by Gasteiger charge is 2.11. The van der Waals surface area contributed by atoms with Crippen LogP contribution in [0.1, 0.15) is 37.6 Å². The zero-order valence-electron chi connectivity index (χ0n) is 11.6. The van der Waals surface area contributed by atoms with Gasteiger partial charge in [-0.05, 0) is 43.2 Å². The van der Waals surface area contributed by atoms with Crippen LogP contribution in [0.4, 0.5) is 0 Å². The highest BCUT2D eigenvalue weighted by Crippen LogP contribution is 2.18. The van der Waals surface area contributed by atoms with E-state index in [4.69, 9.17) is 9.15 Å². The van der Waals surface area contributed by atoms with Crippen LogP contribution in [0.2, 0.25) is 0 Å². The van der Waals surface area contributed by atoms with Crippen LogP contribution in [-0.4, -0.2) is 6.61 Å². The van der Waals surface area contributed by atoms with Crippen molar-refractivity contribution in [3.05, 3.63) is 54.0 Å². The first-order valence-corrected chi connectivity index (χ1v) is 6.82. The molecule has 0 fully saturated rings. The fraction of sp³-hybridized carbons (Fsp3) is 0.375. The minimum Gasteiger partial charge on any atom is -0.494 e. The third-order valence-electron chi connectivity index (χ3n) is 3.06. The summed E-state index contributed by atoms with van der Waals surface area (Å²) >= 11 is 0. The molecule has 1 aromatic carbocycles. The predicted octanol–water partition coefficient (Wildman–Crippen LogP) is 3.92. The van der Waals surface area contributed by atoms with Crippen molar-refractivity contribution in [2.45, 2.75) is 32.9 Å². The Morgan fingerprint density at radius 3 is 2.79 bits per heavy atom. The monoisotopic (exact) mass is 259 g/mol. The van der Waals surface area contributed by atoms with Crippen molar-refractivity contribution in [3.63, 3.8) is 0 Å². The Balaban J connectivity index is 1.95. The fourth-order valence-corrected chi connectivity index (χ4v) is 2.09. The van der Waals surface area contributed by atoms with Gasteiger partial charge in [0.1, 0.15) is 11.5 Å². The molecular weight excluding hydrogens is 238 g/mol. The summed E-state index contributed by atoms with van der Waals surface area (Å²) in [6.45, 7) is 5.65. The molecule has 1 heterocycles. The van der Waals surface area contributed by atoms with Crippen LogP contribution >= 0.6 is 0 Å². The van der Waals surface area contributed by atoms with E-state index >= 15 is 0 Å². The third-order valence-corrected chi connectivity index (χ3v) is 3.06. The van der Waals surface area contributed by atoms with E-state index < -0.39 is 0 Å². The topological polar surface area (TPSA) is 34.4 Å². The quantitative estimate of drug-likeness (QED) is 0.818. The van der Waals surface area contributed by atoms with Crippen molar-refractivity contribution < 1.29 is 9.15 Å². The van der Waals surface area contributed by atoms with Crippen LogP contribution in [0, 0.1) is 0 Å². The van der Waals surface area contributed by atoms with Gasteiger partial charge in [0, 0.05) is 6.54 Å². The molecule has 1 unspecified atom stereocenters. The predicted molar refractivity (Wildman–Crippen MR) is 76.2 cm³/mol. The number of hydrogen-bond donors (Lipinski definition) is 1. The Morgan fingerprint density at radius 1 is 1.21 bits per heavy atom. The molecule has 0 aliphatic heterocycles. The Kier molecular flexibility index (Phi) is 5.04. The molecular formula is C16H21NO2. The van der Waals surface area contributed by atoms with Crippen molar-refractivity contribution in [2.24, 2.45) is 0 Å². The lowest BCUT2D eigenvalue weighted by atomic mass is 10.1. The normalized spacial score (nSPS) is 12.3. The van der Waals surface area contributed by atoms with E-state index in [1.54, 1.807) is 6.26 Å². The SMILES string of the molecule is CCOc1cccc(CNC(CC)c2ccco2)c1. The highest BCUT2D eigenvalue weighted by molar-refractivity contribution is 5.28. The maximum Gasteiger partial charge on any atom is 0.120 e. The van der Waals surface area contributed by atoms with Crippen molar-refractivity contribution in [1.29, 1.82) is 0 Å². The van der Waals surface area contributed by atoms with E-state index in [0.717, 1.165) is 24.5 Å². The van der Waals surface area contributed by atoms with Crippen LogP contribution in [-0.2, 0) is 6.54 Å². The molecule has 0 radical (unpaired) electrons. The summed E-state index contributed by atoms with van der Waals surface area (Å²) in [6, 6.07) is 12.4. The average molecular weight is 259 g/mol. The van der Waals surface area contributed by atoms with Gasteiger partial charge in [-0.15, -0.1) is 0 Å². The Hall–Kier alpha value is -1.74. The molecule has 0 amide bonds. The lowest BCUT2D eigenvalue weighted by molar-refractivity contribution is 0.339. The van der Waals surface area contributed by atoms with Crippen molar-refractivity contribution >= 4 is 0 Å². The second-order valence-electron chi connectivity index (χ2n) is 4.44. The first kappa shape index (κ1) is 13.7. The van der Waals surface area contributed by atoms with Crippen molar-refractivity contribution in [3.8, 4) is 5.75 Å². The first-order valence-electron chi connectivity index (χ1n) is 6.82. The van der Waals surface area contributed by atoms with Gasteiger partial charge >= 0.3 is 0 Å². The lowest BCUT2D eigenvalue weighted by Crippen LogP contribution is -2.19. The van der Waals surface area contributed by atoms with Crippen LogP contribution in [0.5, 0.6) is 5.75 Å². The maximum atomic E-state index is 5.51. The van der Waals surface area contributed by atoms with Gasteiger partial charge in [-0.25, -0.2) is 0 Å². The van der Waals surface area contributed by atoms with E-state index in [-0.39, 0.29) is 6.04 Å². The molecule has 1 N–H and O–H groups in total. The third kappa shape index (κ3) is 3.86. The number of nitrogens with one attached hydrogen (secondary N) is 1. The smallest absolute Gasteiger partial charge is 0.120 e. The zero-order chi connectivity index (χ0) is 13.5. The molecule has 102 valence electrons. The van der Waals surface area contributed by atoms with E-state index in [0.29, 0.717) is 6.61 Å². The van der Waals surface area contributed by atoms with Crippen LogP contribution < -0.4 is 10.1 Å². The molecule has 0 aliphatic rings. The first-order chi connectivity index (χ1) is 9.33. The van der Waals surface area contributed by atoms with Crippen molar-refractivity contribution in [2.75, 3.05) is 6.61 Å². The van der Waals surface area contributed by atoms with Crippen LogP contribution in [0.15, 0.2) is 47.1 Å². The molecule has 0 saturated carbocycles. The van der Waals surface area contributed by atoms with E-state index in [2.05, 4.69) is 24.4 Å². The van der Waals surface area contributed by atoms with Gasteiger partial charge in [0.25, 0.3) is 0 Å². The Morgan fingerprint density at radius 2 is 2.11 bits per heavy atom. The van der Waals surface area contributed by atoms with Gasteiger partial charge in [-0.1, -0.05) is 19.1 Å². The molecule has 0 bridgehead atoms. The zero-order valence-corrected chi connectivity index (χ0v) is 11.6. The number of furan rings is 1. The number of rotatable bonds is 7. The largest absolute Gasteiger partial charge is 0.494 e. The summed E-state index contributed by atoms with van der Waals surface area (Å²) in [5, 5.41) is 3.51. The average Bonchev–Trinajstić information content (AvgIpc) is 2.94. The van der Waals surface area contributed by atoms with Crippen molar-refractivity contribution in [1.82, 2.24) is 5.32 Å². The van der Waals surface area contributed by atoms with E-state index in [1.165, 1.54) is 5.56 Å². The second-order valence-corrected chi connectivity index (χ2v) is 4.44. The molecule has 3 heteroatoms. The molecule has 0 aliphatic carbocycles. The molecule has 2 rings (SSSR count). The van der Waals surface area contributed by atoms with Gasteiger partial charge in [0.05, 0.1) is 18.9 Å². The molecule has 1 aromatic heterocycles. The molecule has 0 spiro atoms. The van der Waals surface area contributed by atoms with Gasteiger partial charge in [-0.2, -0.15) is 0 Å².